The van der Waals surface area contributed by atoms with Crippen molar-refractivity contribution in [2.45, 2.75) is 35.5 Å². The molecule has 0 unspecified atom stereocenters. The molecule has 0 saturated carbocycles. The molecular formula is C16H15F3N2O5S2. The minimum absolute atomic E-state index is 0.133. The normalized spacial score (nSPS) is 17.5. The molecule has 2 N–H and O–H groups in total. The quantitative estimate of drug-likeness (QED) is 0.792. The third-order valence-corrected chi connectivity index (χ3v) is 7.00. The molecule has 0 aliphatic carbocycles. The van der Waals surface area contributed by atoms with E-state index < -0.39 is 38.2 Å². The summed E-state index contributed by atoms with van der Waals surface area (Å²) >= 11 is 0. The maximum Gasteiger partial charge on any atom is 0.573 e. The predicted octanol–water partition coefficient (Wildman–Crippen LogP) is 2.37. The van der Waals surface area contributed by atoms with E-state index in [1.54, 1.807) is 6.92 Å². The van der Waals surface area contributed by atoms with Crippen molar-refractivity contribution < 1.29 is 34.7 Å². The topological polar surface area (TPSA) is 107 Å². The highest BCUT2D eigenvalue weighted by atomic mass is 32.2. The number of fused-ring (bicyclic) bond motifs is 1. The van der Waals surface area contributed by atoms with Gasteiger partial charge in [-0.15, -0.1) is 13.2 Å². The van der Waals surface area contributed by atoms with Gasteiger partial charge in [-0.1, -0.05) is 0 Å². The zero-order chi connectivity index (χ0) is 20.9. The Hall–Kier alpha value is -2.31. The number of rotatable bonds is 4. The van der Waals surface area contributed by atoms with Crippen molar-refractivity contribution in [3.8, 4) is 5.75 Å². The number of hydrogen-bond acceptors (Lipinski definition) is 5. The smallest absolute Gasteiger partial charge is 0.406 e. The number of ether oxygens (including phenoxy) is 1. The van der Waals surface area contributed by atoms with E-state index in [0.29, 0.717) is 5.56 Å². The molecule has 3 rings (SSSR count). The molecular weight excluding hydrogens is 421 g/mol. The summed E-state index contributed by atoms with van der Waals surface area (Å²) in [5.74, 6) is -0.542. The molecule has 0 saturated heterocycles. The average molecular weight is 436 g/mol. The number of primary sulfonamides is 1. The summed E-state index contributed by atoms with van der Waals surface area (Å²) in [5.41, 5.74) is 0.773. The molecule has 0 bridgehead atoms. The molecule has 7 nitrogen and oxygen atoms in total. The molecule has 12 heteroatoms. The molecule has 1 atom stereocenters. The molecule has 2 aromatic carbocycles. The number of hydrogen-bond donors (Lipinski definition) is 1. The largest absolute Gasteiger partial charge is 0.573 e. The van der Waals surface area contributed by atoms with Gasteiger partial charge >= 0.3 is 6.36 Å². The summed E-state index contributed by atoms with van der Waals surface area (Å²) in [7, 11) is -8.03. The molecule has 28 heavy (non-hydrogen) atoms. The van der Waals surface area contributed by atoms with Crippen molar-refractivity contribution in [1.82, 2.24) is 0 Å². The van der Waals surface area contributed by atoms with Crippen LogP contribution in [0.5, 0.6) is 5.75 Å². The third-order valence-electron chi connectivity index (χ3n) is 4.15. The SMILES string of the molecule is C[C@H]1Cc2cc(S(N)(=O)=O)ccc2N1S(=O)(=O)c1ccc(OC(F)(F)F)cc1. The highest BCUT2D eigenvalue weighted by molar-refractivity contribution is 7.93. The first-order valence-electron chi connectivity index (χ1n) is 7.85. The zero-order valence-corrected chi connectivity index (χ0v) is 16.0. The lowest BCUT2D eigenvalue weighted by Gasteiger charge is -2.24. The fourth-order valence-electron chi connectivity index (χ4n) is 3.05. The Balaban J connectivity index is 1.97. The summed E-state index contributed by atoms with van der Waals surface area (Å²) in [5, 5.41) is 5.10. The Labute approximate surface area is 159 Å². The number of benzene rings is 2. The van der Waals surface area contributed by atoms with Crippen molar-refractivity contribution in [3.05, 3.63) is 48.0 Å². The minimum Gasteiger partial charge on any atom is -0.406 e. The fraction of sp³-hybridized carbons (Fsp3) is 0.250. The molecule has 0 spiro atoms. The first-order valence-corrected chi connectivity index (χ1v) is 10.8. The number of sulfonamides is 2. The molecule has 152 valence electrons. The molecule has 0 amide bonds. The van der Waals surface area contributed by atoms with E-state index >= 15 is 0 Å². The lowest BCUT2D eigenvalue weighted by Crippen LogP contribution is -2.35. The molecule has 1 aliphatic rings. The second-order valence-corrected chi connectivity index (χ2v) is 9.59. The van der Waals surface area contributed by atoms with E-state index in [9.17, 15) is 30.0 Å². The standard InChI is InChI=1S/C16H15F3N2O5S2/c1-10-8-11-9-14(27(20,22)23)6-7-15(11)21(10)28(24,25)13-4-2-12(3-5-13)26-16(17,18)19/h2-7,9-10H,8H2,1H3,(H2,20,22,23)/t10-/m0/s1. The molecule has 2 aromatic rings. The predicted molar refractivity (Wildman–Crippen MR) is 93.8 cm³/mol. The molecule has 0 fully saturated rings. The first kappa shape index (κ1) is 20.4. The van der Waals surface area contributed by atoms with Crippen molar-refractivity contribution in [2.75, 3.05) is 4.31 Å². The van der Waals surface area contributed by atoms with Gasteiger partial charge in [-0.2, -0.15) is 0 Å². The molecule has 0 aromatic heterocycles. The average Bonchev–Trinajstić information content (AvgIpc) is 2.88. The summed E-state index contributed by atoms with van der Waals surface area (Å²) in [6.45, 7) is 1.63. The Kier molecular flexibility index (Phi) is 4.84. The van der Waals surface area contributed by atoms with Crippen LogP contribution in [0.2, 0.25) is 0 Å². The van der Waals surface area contributed by atoms with Crippen LogP contribution >= 0.6 is 0 Å². The second kappa shape index (κ2) is 6.64. The summed E-state index contributed by atoms with van der Waals surface area (Å²) in [6.07, 6.45) is -4.63. The summed E-state index contributed by atoms with van der Waals surface area (Å²) in [4.78, 5) is -0.358. The van der Waals surface area contributed by atoms with Gasteiger partial charge in [0.2, 0.25) is 10.0 Å². The number of anilines is 1. The van der Waals surface area contributed by atoms with Gasteiger partial charge in [-0.05, 0) is 61.4 Å². The third kappa shape index (κ3) is 3.93. The van der Waals surface area contributed by atoms with Crippen LogP contribution < -0.4 is 14.2 Å². The summed E-state index contributed by atoms with van der Waals surface area (Å²) in [6, 6.07) is 7.18. The van der Waals surface area contributed by atoms with Crippen LogP contribution in [0.25, 0.3) is 0 Å². The van der Waals surface area contributed by atoms with Crippen LogP contribution in [0.4, 0.5) is 18.9 Å². The first-order chi connectivity index (χ1) is 12.8. The van der Waals surface area contributed by atoms with E-state index in [1.165, 1.54) is 18.2 Å². The maximum atomic E-state index is 13.0. The van der Waals surface area contributed by atoms with E-state index in [0.717, 1.165) is 28.6 Å². The Bertz CT molecular complexity index is 1110. The van der Waals surface area contributed by atoms with Gasteiger partial charge in [0.05, 0.1) is 15.5 Å². The van der Waals surface area contributed by atoms with Crippen LogP contribution in [0.1, 0.15) is 12.5 Å². The molecule has 1 aliphatic heterocycles. The monoisotopic (exact) mass is 436 g/mol. The van der Waals surface area contributed by atoms with Gasteiger partial charge in [0.1, 0.15) is 5.75 Å². The van der Waals surface area contributed by atoms with Crippen LogP contribution in [-0.4, -0.2) is 29.2 Å². The minimum atomic E-state index is -4.89. The van der Waals surface area contributed by atoms with Crippen molar-refractivity contribution in [1.29, 1.82) is 0 Å². The number of nitrogens with zero attached hydrogens (tertiary/aromatic N) is 1. The van der Waals surface area contributed by atoms with Crippen LogP contribution in [-0.2, 0) is 26.5 Å². The Morgan fingerprint density at radius 3 is 2.14 bits per heavy atom. The Morgan fingerprint density at radius 2 is 1.61 bits per heavy atom. The van der Waals surface area contributed by atoms with E-state index in [1.807, 2.05) is 0 Å². The van der Waals surface area contributed by atoms with Crippen molar-refractivity contribution >= 4 is 25.7 Å². The van der Waals surface area contributed by atoms with Gasteiger partial charge in [0, 0.05) is 6.04 Å². The van der Waals surface area contributed by atoms with Crippen molar-refractivity contribution in [3.63, 3.8) is 0 Å². The van der Waals surface area contributed by atoms with Gasteiger partial charge in [0.25, 0.3) is 10.0 Å². The maximum absolute atomic E-state index is 13.0. The second-order valence-electron chi connectivity index (χ2n) is 6.21. The molecule has 1 heterocycles. The number of halogens is 3. The van der Waals surface area contributed by atoms with Crippen molar-refractivity contribution in [2.24, 2.45) is 5.14 Å². The lowest BCUT2D eigenvalue weighted by atomic mass is 10.1. The van der Waals surface area contributed by atoms with Crippen LogP contribution in [0.15, 0.2) is 52.3 Å². The lowest BCUT2D eigenvalue weighted by molar-refractivity contribution is -0.274. The van der Waals surface area contributed by atoms with E-state index in [4.69, 9.17) is 5.14 Å². The number of nitrogens with two attached hydrogens (primary N) is 1. The summed E-state index contributed by atoms with van der Waals surface area (Å²) < 4.78 is 90.6. The van der Waals surface area contributed by atoms with E-state index in [2.05, 4.69) is 4.74 Å². The highest BCUT2D eigenvalue weighted by Gasteiger charge is 2.37. The molecule has 0 radical (unpaired) electrons. The van der Waals surface area contributed by atoms with E-state index in [-0.39, 0.29) is 21.9 Å². The van der Waals surface area contributed by atoms with Crippen LogP contribution in [0.3, 0.4) is 0 Å². The fourth-order valence-corrected chi connectivity index (χ4v) is 5.31. The van der Waals surface area contributed by atoms with Crippen LogP contribution in [0, 0.1) is 0 Å². The zero-order valence-electron chi connectivity index (χ0n) is 14.3. The highest BCUT2D eigenvalue weighted by Crippen LogP contribution is 2.38. The number of alkyl halides is 3. The van der Waals surface area contributed by atoms with Gasteiger partial charge in [0.15, 0.2) is 0 Å². The van der Waals surface area contributed by atoms with Gasteiger partial charge in [-0.25, -0.2) is 22.0 Å². The van der Waals surface area contributed by atoms with Gasteiger partial charge < -0.3 is 4.74 Å². The Morgan fingerprint density at radius 1 is 1.04 bits per heavy atom. The van der Waals surface area contributed by atoms with Gasteiger partial charge in [-0.3, -0.25) is 4.31 Å².